The summed E-state index contributed by atoms with van der Waals surface area (Å²) in [5, 5.41) is 19.8. The summed E-state index contributed by atoms with van der Waals surface area (Å²) in [6.45, 7) is 0.180. The van der Waals surface area contributed by atoms with Crippen LogP contribution < -0.4 is 0 Å². The molecular formula is C7H11NO5. The Morgan fingerprint density at radius 3 is 3.00 bits per heavy atom. The average Bonchev–Trinajstić information content (AvgIpc) is 2.12. The molecule has 6 heteroatoms. The van der Waals surface area contributed by atoms with E-state index in [4.69, 9.17) is 9.57 Å². The van der Waals surface area contributed by atoms with Crippen LogP contribution in [0.3, 0.4) is 0 Å². The molecule has 2 N–H and O–H groups in total. The van der Waals surface area contributed by atoms with Gasteiger partial charge in [0.15, 0.2) is 0 Å². The van der Waals surface area contributed by atoms with Crippen LogP contribution in [0.5, 0.6) is 0 Å². The second-order valence-electron chi connectivity index (χ2n) is 3.15. The molecule has 74 valence electrons. The maximum absolute atomic E-state index is 11.1. The Labute approximate surface area is 74.6 Å². The average molecular weight is 189 g/mol. The third-order valence-electron chi connectivity index (χ3n) is 2.29. The van der Waals surface area contributed by atoms with E-state index in [0.29, 0.717) is 6.42 Å². The molecule has 0 aromatic rings. The molecule has 0 radical (unpaired) electrons. The van der Waals surface area contributed by atoms with E-state index in [-0.39, 0.29) is 13.2 Å². The third kappa shape index (κ3) is 1.37. The van der Waals surface area contributed by atoms with Crippen LogP contribution in [0.15, 0.2) is 0 Å². The number of cyclic esters (lactones) is 1. The van der Waals surface area contributed by atoms with Crippen LogP contribution in [0.1, 0.15) is 6.42 Å². The molecule has 3 unspecified atom stereocenters. The first-order valence-corrected chi connectivity index (χ1v) is 4.15. The van der Waals surface area contributed by atoms with E-state index >= 15 is 0 Å². The fraction of sp³-hybridized carbons (Fsp3) is 0.857. The summed E-state index contributed by atoms with van der Waals surface area (Å²) >= 11 is 0. The van der Waals surface area contributed by atoms with Crippen molar-refractivity contribution in [1.82, 2.24) is 5.06 Å². The predicted octanol–water partition coefficient (Wildman–Crippen LogP) is -1.14. The molecule has 0 aromatic heterocycles. The second-order valence-corrected chi connectivity index (χ2v) is 3.15. The number of amides is 1. The zero-order valence-electron chi connectivity index (χ0n) is 6.92. The number of hydrogen-bond donors (Lipinski definition) is 2. The number of hydrogen-bond acceptors (Lipinski definition) is 5. The molecular weight excluding hydrogens is 178 g/mol. The summed E-state index contributed by atoms with van der Waals surface area (Å²) in [7, 11) is 0. The van der Waals surface area contributed by atoms with Crippen molar-refractivity contribution in [3.05, 3.63) is 0 Å². The van der Waals surface area contributed by atoms with E-state index in [0.717, 1.165) is 5.06 Å². The molecule has 2 heterocycles. The Balaban J connectivity index is 2.12. The standard InChI is InChI=1S/C7H11NO5/c9-5-3-13-8-4(6(5)10)1-2-12-7(8)11/h4-6,9-10H,1-3H2. The first-order chi connectivity index (χ1) is 6.20. The smallest absolute Gasteiger partial charge is 0.434 e. The molecule has 0 aromatic carbocycles. The van der Waals surface area contributed by atoms with Crippen LogP contribution in [0.2, 0.25) is 0 Å². The van der Waals surface area contributed by atoms with Crippen molar-refractivity contribution in [3.63, 3.8) is 0 Å². The lowest BCUT2D eigenvalue weighted by Crippen LogP contribution is -2.60. The first kappa shape index (κ1) is 8.74. The number of aliphatic hydroxyl groups is 2. The van der Waals surface area contributed by atoms with Gasteiger partial charge < -0.3 is 14.9 Å². The lowest BCUT2D eigenvalue weighted by molar-refractivity contribution is -0.262. The molecule has 0 bridgehead atoms. The maximum Gasteiger partial charge on any atom is 0.434 e. The van der Waals surface area contributed by atoms with Crippen molar-refractivity contribution in [2.24, 2.45) is 0 Å². The van der Waals surface area contributed by atoms with Gasteiger partial charge >= 0.3 is 6.09 Å². The van der Waals surface area contributed by atoms with E-state index in [1.54, 1.807) is 0 Å². The first-order valence-electron chi connectivity index (χ1n) is 4.15. The molecule has 0 saturated carbocycles. The van der Waals surface area contributed by atoms with Crippen LogP contribution in [0, 0.1) is 0 Å². The quantitative estimate of drug-likeness (QED) is 0.503. The maximum atomic E-state index is 11.1. The lowest BCUT2D eigenvalue weighted by atomic mass is 10.0. The minimum atomic E-state index is -0.943. The molecule has 2 aliphatic heterocycles. The molecule has 0 spiro atoms. The van der Waals surface area contributed by atoms with Gasteiger partial charge in [-0.05, 0) is 0 Å². The number of ether oxygens (including phenoxy) is 1. The van der Waals surface area contributed by atoms with Crippen LogP contribution >= 0.6 is 0 Å². The molecule has 2 rings (SSSR count). The Kier molecular flexibility index (Phi) is 2.10. The Hall–Kier alpha value is -0.850. The monoisotopic (exact) mass is 189 g/mol. The summed E-state index contributed by atoms with van der Waals surface area (Å²) in [5.41, 5.74) is 0. The van der Waals surface area contributed by atoms with Crippen molar-refractivity contribution in [2.45, 2.75) is 24.7 Å². The normalized spacial score (nSPS) is 39.7. The topological polar surface area (TPSA) is 79.2 Å². The molecule has 2 fully saturated rings. The molecule has 1 amide bonds. The number of fused-ring (bicyclic) bond motifs is 1. The van der Waals surface area contributed by atoms with Gasteiger partial charge in [-0.15, -0.1) is 0 Å². The summed E-state index contributed by atoms with van der Waals surface area (Å²) in [6, 6.07) is -0.481. The van der Waals surface area contributed by atoms with Crippen molar-refractivity contribution in [1.29, 1.82) is 0 Å². The van der Waals surface area contributed by atoms with Gasteiger partial charge in [-0.1, -0.05) is 0 Å². The van der Waals surface area contributed by atoms with Crippen LogP contribution in [0.4, 0.5) is 4.79 Å². The van der Waals surface area contributed by atoms with Gasteiger partial charge in [0.1, 0.15) is 18.8 Å². The zero-order chi connectivity index (χ0) is 9.42. The van der Waals surface area contributed by atoms with Crippen molar-refractivity contribution >= 4 is 6.09 Å². The van der Waals surface area contributed by atoms with E-state index in [9.17, 15) is 15.0 Å². The minimum Gasteiger partial charge on any atom is -0.448 e. The number of aliphatic hydroxyl groups excluding tert-OH is 2. The van der Waals surface area contributed by atoms with Gasteiger partial charge in [-0.25, -0.2) is 4.79 Å². The van der Waals surface area contributed by atoms with Crippen molar-refractivity contribution in [3.8, 4) is 0 Å². The molecule has 2 aliphatic rings. The second kappa shape index (κ2) is 3.13. The lowest BCUT2D eigenvalue weighted by Gasteiger charge is -2.41. The third-order valence-corrected chi connectivity index (χ3v) is 2.29. The van der Waals surface area contributed by atoms with E-state index < -0.39 is 24.3 Å². The summed E-state index contributed by atoms with van der Waals surface area (Å²) in [4.78, 5) is 16.0. The highest BCUT2D eigenvalue weighted by Crippen LogP contribution is 2.23. The van der Waals surface area contributed by atoms with Gasteiger partial charge in [0.2, 0.25) is 0 Å². The van der Waals surface area contributed by atoms with Gasteiger partial charge in [0, 0.05) is 6.42 Å². The van der Waals surface area contributed by atoms with Crippen LogP contribution in [-0.4, -0.2) is 52.8 Å². The predicted molar refractivity (Wildman–Crippen MR) is 39.6 cm³/mol. The number of rotatable bonds is 0. The molecule has 6 nitrogen and oxygen atoms in total. The van der Waals surface area contributed by atoms with Gasteiger partial charge in [-0.2, -0.15) is 5.06 Å². The SMILES string of the molecule is O=C1OCCC2C(O)C(O)CON12. The highest BCUT2D eigenvalue weighted by atomic mass is 16.7. The van der Waals surface area contributed by atoms with Crippen molar-refractivity contribution in [2.75, 3.05) is 13.2 Å². The molecule has 0 aliphatic carbocycles. The van der Waals surface area contributed by atoms with Gasteiger partial charge in [0.05, 0.1) is 12.6 Å². The minimum absolute atomic E-state index is 0.0766. The fourth-order valence-electron chi connectivity index (χ4n) is 1.55. The summed E-state index contributed by atoms with van der Waals surface area (Å²) in [6.07, 6.45) is -1.99. The number of hydroxylamine groups is 2. The number of carbonyl (C=O) groups excluding carboxylic acids is 1. The zero-order valence-corrected chi connectivity index (χ0v) is 6.92. The Bertz CT molecular complexity index is 221. The number of carbonyl (C=O) groups is 1. The van der Waals surface area contributed by atoms with E-state index in [2.05, 4.69) is 0 Å². The number of nitrogens with zero attached hydrogens (tertiary/aromatic N) is 1. The molecule has 3 atom stereocenters. The van der Waals surface area contributed by atoms with E-state index in [1.807, 2.05) is 0 Å². The highest BCUT2D eigenvalue weighted by molar-refractivity contribution is 5.67. The van der Waals surface area contributed by atoms with Gasteiger partial charge in [-0.3, -0.25) is 4.84 Å². The Morgan fingerprint density at radius 2 is 2.23 bits per heavy atom. The van der Waals surface area contributed by atoms with Crippen molar-refractivity contribution < 1.29 is 24.6 Å². The molecule has 2 saturated heterocycles. The van der Waals surface area contributed by atoms with Crippen LogP contribution in [0.25, 0.3) is 0 Å². The fourth-order valence-corrected chi connectivity index (χ4v) is 1.55. The van der Waals surface area contributed by atoms with Gasteiger partial charge in [0.25, 0.3) is 0 Å². The molecule has 13 heavy (non-hydrogen) atoms. The van der Waals surface area contributed by atoms with Crippen LogP contribution in [-0.2, 0) is 9.57 Å². The highest BCUT2D eigenvalue weighted by Gasteiger charge is 2.43. The summed E-state index contributed by atoms with van der Waals surface area (Å²) in [5.74, 6) is 0. The van der Waals surface area contributed by atoms with E-state index in [1.165, 1.54) is 0 Å². The largest absolute Gasteiger partial charge is 0.448 e. The summed E-state index contributed by atoms with van der Waals surface area (Å²) < 4.78 is 4.70. The Morgan fingerprint density at radius 1 is 1.46 bits per heavy atom.